The molecule has 6 rings (SSSR count). The molecule has 0 bridgehead atoms. The molecule has 0 radical (unpaired) electrons. The minimum absolute atomic E-state index is 0.194. The van der Waals surface area contributed by atoms with E-state index < -0.39 is 15.6 Å². The molecule has 216 valence electrons. The number of rotatable bonds is 10. The van der Waals surface area contributed by atoms with Crippen molar-refractivity contribution in [3.63, 3.8) is 0 Å². The molecular weight excluding hydrogens is 546 g/mol. The van der Waals surface area contributed by atoms with Gasteiger partial charge in [-0.05, 0) is 57.6 Å². The van der Waals surface area contributed by atoms with Crippen LogP contribution in [0.5, 0.6) is 0 Å². The van der Waals surface area contributed by atoms with Gasteiger partial charge in [-0.15, -0.1) is 0 Å². The molecule has 3 N–H and O–H groups in total. The van der Waals surface area contributed by atoms with E-state index in [2.05, 4.69) is 35.8 Å². The molecule has 0 amide bonds. The van der Waals surface area contributed by atoms with E-state index in [-0.39, 0.29) is 11.3 Å². The quantitative estimate of drug-likeness (QED) is 0.252. The number of hydrogen-bond donors (Lipinski definition) is 3. The Kier molecular flexibility index (Phi) is 7.21. The van der Waals surface area contributed by atoms with E-state index in [0.717, 1.165) is 46.7 Å². The Morgan fingerprint density at radius 2 is 1.93 bits per heavy atom. The Bertz CT molecular complexity index is 1640. The number of methoxy groups -OCH3 is 1. The van der Waals surface area contributed by atoms with E-state index in [1.165, 1.54) is 12.4 Å². The van der Waals surface area contributed by atoms with E-state index >= 15 is 0 Å². The maximum absolute atomic E-state index is 12.5. The van der Waals surface area contributed by atoms with Crippen molar-refractivity contribution in [3.05, 3.63) is 49.2 Å². The fourth-order valence-corrected chi connectivity index (χ4v) is 6.41. The van der Waals surface area contributed by atoms with Gasteiger partial charge in [0.25, 0.3) is 10.0 Å². The molecule has 41 heavy (non-hydrogen) atoms. The summed E-state index contributed by atoms with van der Waals surface area (Å²) < 4.78 is 33.0. The molecule has 13 nitrogen and oxygen atoms in total. The summed E-state index contributed by atoms with van der Waals surface area (Å²) in [6.45, 7) is 2.23. The fourth-order valence-electron chi connectivity index (χ4n) is 4.94. The Labute approximate surface area is 238 Å². The van der Waals surface area contributed by atoms with Crippen LogP contribution in [0.1, 0.15) is 45.4 Å². The smallest absolute Gasteiger partial charge is 0.256 e. The Hall–Kier alpha value is -3.88. The second-order valence-electron chi connectivity index (χ2n) is 10.9. The van der Waals surface area contributed by atoms with Crippen LogP contribution in [0.15, 0.2) is 49.2 Å². The number of hydrogen-bond acceptors (Lipinski definition) is 11. The van der Waals surface area contributed by atoms with Gasteiger partial charge in [-0.25, -0.2) is 28.1 Å². The zero-order valence-corrected chi connectivity index (χ0v) is 23.8. The predicted octanol–water partition coefficient (Wildman–Crippen LogP) is 3.39. The van der Waals surface area contributed by atoms with Crippen LogP contribution >= 0.6 is 0 Å². The van der Waals surface area contributed by atoms with Gasteiger partial charge in [0.2, 0.25) is 0 Å². The number of nitrogens with one attached hydrogen (secondary N) is 2. The standard InChI is InChI=1S/C27H33N9O4S/c1-27(37)9-5-19(6-10-27)31-23-13-25(29-15-21(23)22-8-12-35(34-22)17-40-2)32-24-7-11-28-26(33-24)18-14-30-36(16-18)41(38,39)20-3-4-20/h7-8,11-16,19-20,37H,3-6,9-10,17H2,1-2H3,(H2,28,29,31,32,33). The highest BCUT2D eigenvalue weighted by Gasteiger charge is 2.37. The van der Waals surface area contributed by atoms with Crippen molar-refractivity contribution in [1.82, 2.24) is 33.9 Å². The summed E-state index contributed by atoms with van der Waals surface area (Å²) in [6.07, 6.45) is 12.6. The number of aromatic nitrogens is 7. The van der Waals surface area contributed by atoms with Crippen molar-refractivity contribution in [2.75, 3.05) is 17.7 Å². The monoisotopic (exact) mass is 579 g/mol. The zero-order chi connectivity index (χ0) is 28.6. The highest BCUT2D eigenvalue weighted by atomic mass is 32.2. The number of pyridine rings is 1. The van der Waals surface area contributed by atoms with E-state index in [1.54, 1.807) is 30.3 Å². The number of nitrogens with zero attached hydrogens (tertiary/aromatic N) is 7. The summed E-state index contributed by atoms with van der Waals surface area (Å²) in [7, 11) is -1.85. The van der Waals surface area contributed by atoms with Gasteiger partial charge in [0.05, 0.1) is 34.5 Å². The summed E-state index contributed by atoms with van der Waals surface area (Å²) in [5.74, 6) is 1.41. The third-order valence-electron chi connectivity index (χ3n) is 7.44. The fraction of sp³-hybridized carbons (Fsp3) is 0.444. The molecule has 2 saturated carbocycles. The summed E-state index contributed by atoms with van der Waals surface area (Å²) in [5, 5.41) is 25.6. The topological polar surface area (TPSA) is 162 Å². The number of aliphatic hydroxyl groups is 1. The lowest BCUT2D eigenvalue weighted by Gasteiger charge is -2.34. The SMILES string of the molecule is COCn1ccc(-c2cnc(Nc3ccnc(-c4cnn(S(=O)(=O)C5CC5)c4)n3)cc2NC2CCC(C)(O)CC2)n1. The first-order chi connectivity index (χ1) is 19.7. The average molecular weight is 580 g/mol. The van der Waals surface area contributed by atoms with Crippen LogP contribution in [0, 0.1) is 0 Å². The lowest BCUT2D eigenvalue weighted by atomic mass is 9.83. The van der Waals surface area contributed by atoms with Gasteiger partial charge in [0.1, 0.15) is 18.4 Å². The Morgan fingerprint density at radius 3 is 2.68 bits per heavy atom. The molecular formula is C27H33N9O4S. The first-order valence-electron chi connectivity index (χ1n) is 13.6. The van der Waals surface area contributed by atoms with Gasteiger partial charge in [-0.3, -0.25) is 0 Å². The molecule has 4 aromatic rings. The van der Waals surface area contributed by atoms with Gasteiger partial charge in [0.15, 0.2) is 5.82 Å². The maximum atomic E-state index is 12.5. The van der Waals surface area contributed by atoms with Crippen LogP contribution in [0.25, 0.3) is 22.6 Å². The molecule has 0 spiro atoms. The van der Waals surface area contributed by atoms with E-state index in [4.69, 9.17) is 4.74 Å². The minimum atomic E-state index is -3.47. The normalized spacial score (nSPS) is 21.1. The van der Waals surface area contributed by atoms with Crippen molar-refractivity contribution in [1.29, 1.82) is 0 Å². The highest BCUT2D eigenvalue weighted by Crippen LogP contribution is 2.34. The van der Waals surface area contributed by atoms with Crippen LogP contribution in [0.4, 0.5) is 17.3 Å². The zero-order valence-electron chi connectivity index (χ0n) is 22.9. The highest BCUT2D eigenvalue weighted by molar-refractivity contribution is 7.90. The Balaban J connectivity index is 1.25. The van der Waals surface area contributed by atoms with Gasteiger partial charge in [-0.1, -0.05) is 0 Å². The first-order valence-corrected chi connectivity index (χ1v) is 15.1. The van der Waals surface area contributed by atoms with Crippen LogP contribution in [-0.4, -0.2) is 71.4 Å². The van der Waals surface area contributed by atoms with E-state index in [9.17, 15) is 13.5 Å². The summed E-state index contributed by atoms with van der Waals surface area (Å²) >= 11 is 0. The second kappa shape index (κ2) is 10.8. The van der Waals surface area contributed by atoms with Crippen molar-refractivity contribution < 1.29 is 18.3 Å². The summed E-state index contributed by atoms with van der Waals surface area (Å²) in [5.41, 5.74) is 2.33. The van der Waals surface area contributed by atoms with Crippen LogP contribution < -0.4 is 10.6 Å². The molecule has 2 aliphatic carbocycles. The predicted molar refractivity (Wildman–Crippen MR) is 153 cm³/mol. The summed E-state index contributed by atoms with van der Waals surface area (Å²) in [6, 6.07) is 5.74. The third kappa shape index (κ3) is 6.09. The molecule has 0 saturated heterocycles. The third-order valence-corrected chi connectivity index (χ3v) is 9.48. The molecule has 0 unspecified atom stereocenters. The first kappa shape index (κ1) is 27.3. The van der Waals surface area contributed by atoms with E-state index in [0.29, 0.717) is 42.6 Å². The molecule has 4 heterocycles. The van der Waals surface area contributed by atoms with Crippen LogP contribution in [0.2, 0.25) is 0 Å². The van der Waals surface area contributed by atoms with Crippen LogP contribution in [0.3, 0.4) is 0 Å². The minimum Gasteiger partial charge on any atom is -0.390 e. The largest absolute Gasteiger partial charge is 0.390 e. The maximum Gasteiger partial charge on any atom is 0.256 e. The van der Waals surface area contributed by atoms with E-state index in [1.807, 2.05) is 25.3 Å². The second-order valence-corrected chi connectivity index (χ2v) is 13.0. The molecule has 2 aliphatic rings. The molecule has 14 heteroatoms. The van der Waals surface area contributed by atoms with Gasteiger partial charge in [-0.2, -0.15) is 14.3 Å². The van der Waals surface area contributed by atoms with Crippen molar-refractivity contribution in [3.8, 4) is 22.6 Å². The molecule has 4 aromatic heterocycles. The van der Waals surface area contributed by atoms with Crippen molar-refractivity contribution in [2.24, 2.45) is 0 Å². The van der Waals surface area contributed by atoms with Gasteiger partial charge in [0, 0.05) is 49.1 Å². The molecule has 2 fully saturated rings. The van der Waals surface area contributed by atoms with Gasteiger partial charge < -0.3 is 20.5 Å². The lowest BCUT2D eigenvalue weighted by molar-refractivity contribution is 0.0196. The van der Waals surface area contributed by atoms with Crippen molar-refractivity contribution >= 4 is 27.3 Å². The van der Waals surface area contributed by atoms with Crippen molar-refractivity contribution in [2.45, 2.75) is 69.1 Å². The molecule has 0 atom stereocenters. The molecule has 0 aromatic carbocycles. The average Bonchev–Trinajstić information content (AvgIpc) is 3.51. The van der Waals surface area contributed by atoms with Gasteiger partial charge >= 0.3 is 0 Å². The Morgan fingerprint density at radius 1 is 1.12 bits per heavy atom. The summed E-state index contributed by atoms with van der Waals surface area (Å²) in [4.78, 5) is 13.5. The molecule has 0 aliphatic heterocycles. The number of ether oxygens (including phenoxy) is 1. The van der Waals surface area contributed by atoms with Crippen LogP contribution in [-0.2, 0) is 21.5 Å². The number of anilines is 3. The lowest BCUT2D eigenvalue weighted by Crippen LogP contribution is -2.35.